The lowest BCUT2D eigenvalue weighted by molar-refractivity contribution is 0.0943. The van der Waals surface area contributed by atoms with Gasteiger partial charge in [-0.2, -0.15) is 11.3 Å². The number of carbonyl (C=O) groups excluding carboxylic acids is 1. The summed E-state index contributed by atoms with van der Waals surface area (Å²) in [6.45, 7) is 9.64. The first-order valence-electron chi connectivity index (χ1n) is 12.7. The first kappa shape index (κ1) is 26.1. The van der Waals surface area contributed by atoms with Crippen molar-refractivity contribution in [1.29, 1.82) is 0 Å². The lowest BCUT2D eigenvalue weighted by atomic mass is 9.99. The highest BCUT2D eigenvalue weighted by atomic mass is 32.1. The average Bonchev–Trinajstić information content (AvgIpc) is 3.41. The van der Waals surface area contributed by atoms with Gasteiger partial charge in [-0.1, -0.05) is 0 Å². The normalized spacial score (nSPS) is 15.4. The molecule has 7 nitrogen and oxygen atoms in total. The van der Waals surface area contributed by atoms with Crippen LogP contribution in [0.1, 0.15) is 53.5 Å². The smallest absolute Gasteiger partial charge is 0.254 e. The number of aryl methyl sites for hydroxylation is 2. The van der Waals surface area contributed by atoms with Gasteiger partial charge in [0.2, 0.25) is 0 Å². The van der Waals surface area contributed by atoms with Crippen molar-refractivity contribution in [3.05, 3.63) is 69.9 Å². The maximum Gasteiger partial charge on any atom is 0.254 e. The summed E-state index contributed by atoms with van der Waals surface area (Å²) < 4.78 is 5.37. The molecule has 1 aromatic carbocycles. The van der Waals surface area contributed by atoms with Crippen LogP contribution in [0.15, 0.2) is 47.4 Å². The van der Waals surface area contributed by atoms with Crippen molar-refractivity contribution in [1.82, 2.24) is 20.2 Å². The standard InChI is InChI=1S/C28H37N5O2S/c1-20(9-13-29-28(34)27-21(2)30-19-31-22(27)3)32-14-10-25(11-15-32)33(17-23-12-16-36-18-23)24-5-7-26(35-4)8-6-24/h5-8,12,16,18-20,25H,9-11,13-15,17H2,1-4H3,(H,29,34)/t20-/m1/s1. The third-order valence-electron chi connectivity index (χ3n) is 7.20. The fourth-order valence-corrected chi connectivity index (χ4v) is 5.67. The molecule has 1 aliphatic rings. The predicted molar refractivity (Wildman–Crippen MR) is 146 cm³/mol. The SMILES string of the molecule is COc1ccc(N(Cc2ccsc2)C2CCN([C@H](C)CCNC(=O)c3c(C)ncnc3C)CC2)cc1. The molecule has 0 spiro atoms. The zero-order valence-electron chi connectivity index (χ0n) is 21.7. The Kier molecular flexibility index (Phi) is 8.93. The molecule has 2 aromatic heterocycles. The lowest BCUT2D eigenvalue weighted by Gasteiger charge is -2.42. The second-order valence-corrected chi connectivity index (χ2v) is 10.3. The Bertz CT molecular complexity index is 1090. The molecule has 0 radical (unpaired) electrons. The molecular formula is C28H37N5O2S. The number of hydrogen-bond donors (Lipinski definition) is 1. The molecule has 8 heteroatoms. The molecule has 4 rings (SSSR count). The molecule has 1 fully saturated rings. The minimum Gasteiger partial charge on any atom is -0.497 e. The third kappa shape index (κ3) is 6.42. The Morgan fingerprint density at radius 2 is 1.86 bits per heavy atom. The first-order chi connectivity index (χ1) is 17.5. The molecular weight excluding hydrogens is 470 g/mol. The largest absolute Gasteiger partial charge is 0.497 e. The van der Waals surface area contributed by atoms with E-state index in [4.69, 9.17) is 4.74 Å². The topological polar surface area (TPSA) is 70.6 Å². The number of carbonyl (C=O) groups is 1. The molecule has 1 aliphatic heterocycles. The van der Waals surface area contributed by atoms with Crippen molar-refractivity contribution < 1.29 is 9.53 Å². The van der Waals surface area contributed by atoms with Gasteiger partial charge in [0, 0.05) is 44.0 Å². The summed E-state index contributed by atoms with van der Waals surface area (Å²) in [5, 5.41) is 7.46. The molecule has 192 valence electrons. The van der Waals surface area contributed by atoms with Crippen LogP contribution in [-0.2, 0) is 6.54 Å². The van der Waals surface area contributed by atoms with Gasteiger partial charge < -0.3 is 19.9 Å². The van der Waals surface area contributed by atoms with E-state index in [-0.39, 0.29) is 5.91 Å². The summed E-state index contributed by atoms with van der Waals surface area (Å²) in [5.74, 6) is 0.801. The quantitative estimate of drug-likeness (QED) is 0.423. The van der Waals surface area contributed by atoms with E-state index in [1.165, 1.54) is 17.6 Å². The van der Waals surface area contributed by atoms with Gasteiger partial charge >= 0.3 is 0 Å². The Morgan fingerprint density at radius 1 is 1.17 bits per heavy atom. The van der Waals surface area contributed by atoms with Crippen LogP contribution >= 0.6 is 11.3 Å². The maximum atomic E-state index is 12.7. The van der Waals surface area contributed by atoms with E-state index in [0.29, 0.717) is 24.2 Å². The lowest BCUT2D eigenvalue weighted by Crippen LogP contribution is -2.48. The summed E-state index contributed by atoms with van der Waals surface area (Å²) in [6.07, 6.45) is 4.65. The van der Waals surface area contributed by atoms with E-state index in [0.717, 1.165) is 56.0 Å². The van der Waals surface area contributed by atoms with Gasteiger partial charge in [0.15, 0.2) is 0 Å². The van der Waals surface area contributed by atoms with Crippen molar-refractivity contribution in [2.75, 3.05) is 31.6 Å². The zero-order chi connectivity index (χ0) is 25.5. The van der Waals surface area contributed by atoms with E-state index < -0.39 is 0 Å². The number of rotatable bonds is 10. The van der Waals surface area contributed by atoms with Crippen molar-refractivity contribution in [2.24, 2.45) is 0 Å². The second-order valence-electron chi connectivity index (χ2n) is 9.54. The van der Waals surface area contributed by atoms with E-state index in [1.807, 2.05) is 26.0 Å². The number of amides is 1. The van der Waals surface area contributed by atoms with Gasteiger partial charge in [-0.25, -0.2) is 9.97 Å². The number of piperidine rings is 1. The second kappa shape index (κ2) is 12.3. The molecule has 1 saturated heterocycles. The molecule has 0 aliphatic carbocycles. The van der Waals surface area contributed by atoms with Crippen LogP contribution in [0.5, 0.6) is 5.75 Å². The number of nitrogens with zero attached hydrogens (tertiary/aromatic N) is 4. The number of methoxy groups -OCH3 is 1. The van der Waals surface area contributed by atoms with E-state index in [1.54, 1.807) is 18.4 Å². The summed E-state index contributed by atoms with van der Waals surface area (Å²) in [7, 11) is 1.71. The van der Waals surface area contributed by atoms with Crippen LogP contribution in [0.4, 0.5) is 5.69 Å². The van der Waals surface area contributed by atoms with Gasteiger partial charge in [0.05, 0.1) is 24.1 Å². The van der Waals surface area contributed by atoms with Gasteiger partial charge in [-0.15, -0.1) is 0 Å². The predicted octanol–water partition coefficient (Wildman–Crippen LogP) is 4.84. The number of ether oxygens (including phenoxy) is 1. The van der Waals surface area contributed by atoms with Crippen LogP contribution in [-0.4, -0.2) is 59.6 Å². The fourth-order valence-electron chi connectivity index (χ4n) is 5.01. The Hall–Kier alpha value is -2.97. The highest BCUT2D eigenvalue weighted by Gasteiger charge is 2.27. The van der Waals surface area contributed by atoms with E-state index in [9.17, 15) is 4.79 Å². The monoisotopic (exact) mass is 507 g/mol. The van der Waals surface area contributed by atoms with Crippen molar-refractivity contribution in [2.45, 2.75) is 58.7 Å². The molecule has 0 unspecified atom stereocenters. The molecule has 1 atom stereocenters. The van der Waals surface area contributed by atoms with Crippen LogP contribution in [0.25, 0.3) is 0 Å². The van der Waals surface area contributed by atoms with Gasteiger partial charge in [-0.3, -0.25) is 4.79 Å². The van der Waals surface area contributed by atoms with Gasteiger partial charge in [0.1, 0.15) is 12.1 Å². The summed E-state index contributed by atoms with van der Waals surface area (Å²) in [5.41, 5.74) is 4.64. The molecule has 3 heterocycles. The summed E-state index contributed by atoms with van der Waals surface area (Å²) >= 11 is 1.75. The Morgan fingerprint density at radius 3 is 2.47 bits per heavy atom. The number of thiophene rings is 1. The number of benzene rings is 1. The highest BCUT2D eigenvalue weighted by Crippen LogP contribution is 2.29. The fraction of sp³-hybridized carbons (Fsp3) is 0.464. The van der Waals surface area contributed by atoms with E-state index >= 15 is 0 Å². The summed E-state index contributed by atoms with van der Waals surface area (Å²) in [4.78, 5) is 26.1. The van der Waals surface area contributed by atoms with Gasteiger partial charge in [0.25, 0.3) is 5.91 Å². The molecule has 3 aromatic rings. The van der Waals surface area contributed by atoms with Crippen LogP contribution in [0.2, 0.25) is 0 Å². The average molecular weight is 508 g/mol. The molecule has 1 N–H and O–H groups in total. The van der Waals surface area contributed by atoms with Crippen molar-refractivity contribution in [3.8, 4) is 5.75 Å². The highest BCUT2D eigenvalue weighted by molar-refractivity contribution is 7.07. The molecule has 0 bridgehead atoms. The van der Waals surface area contributed by atoms with Crippen LogP contribution in [0.3, 0.4) is 0 Å². The Balaban J connectivity index is 1.31. The van der Waals surface area contributed by atoms with Crippen molar-refractivity contribution >= 4 is 22.9 Å². The van der Waals surface area contributed by atoms with Gasteiger partial charge in [-0.05, 0) is 86.7 Å². The minimum atomic E-state index is -0.0833. The molecule has 1 amide bonds. The maximum absolute atomic E-state index is 12.7. The summed E-state index contributed by atoms with van der Waals surface area (Å²) in [6, 6.07) is 11.6. The zero-order valence-corrected chi connectivity index (χ0v) is 22.6. The minimum absolute atomic E-state index is 0.0833. The molecule has 36 heavy (non-hydrogen) atoms. The third-order valence-corrected chi connectivity index (χ3v) is 7.93. The number of hydrogen-bond acceptors (Lipinski definition) is 7. The van der Waals surface area contributed by atoms with Crippen molar-refractivity contribution in [3.63, 3.8) is 0 Å². The molecule has 0 saturated carbocycles. The number of aromatic nitrogens is 2. The van der Waals surface area contributed by atoms with Crippen LogP contribution < -0.4 is 15.0 Å². The number of likely N-dealkylation sites (tertiary alicyclic amines) is 1. The number of anilines is 1. The van der Waals surface area contributed by atoms with Crippen LogP contribution in [0, 0.1) is 13.8 Å². The first-order valence-corrected chi connectivity index (χ1v) is 13.6. The number of nitrogens with one attached hydrogen (secondary N) is 1. The Labute approximate surface area is 218 Å². The van der Waals surface area contributed by atoms with E-state index in [2.05, 4.69) is 61.0 Å².